The summed E-state index contributed by atoms with van der Waals surface area (Å²) in [6.45, 7) is 5.02. The van der Waals surface area contributed by atoms with Crippen LogP contribution in [0.5, 0.6) is 11.5 Å². The average Bonchev–Trinajstić information content (AvgIpc) is 2.99. The van der Waals surface area contributed by atoms with Gasteiger partial charge in [0.05, 0.1) is 14.2 Å². The van der Waals surface area contributed by atoms with Crippen LogP contribution in [0.2, 0.25) is 5.02 Å². The fraction of sp³-hybridized carbons (Fsp3) is 0.424. The normalized spacial score (nSPS) is 19.4. The standard InChI is InChI=1S/C33H39ClFN3O3/c1-40-31-17-25-12-15-38(22-27(25)18-32(31)41-2)30-13-14-37(20-24-4-3-5-28(34)16-24)21-26(30)8-11-33(39)36-19-23-6-9-29(35)10-7-23/h3-7,9-10,16-18,26,30H,8,11-15,19-22H2,1-2H3,(H,36,39)/t26-,30+/m0/s1. The lowest BCUT2D eigenvalue weighted by molar-refractivity contribution is -0.121. The molecule has 0 aliphatic carbocycles. The minimum Gasteiger partial charge on any atom is -0.493 e. The van der Waals surface area contributed by atoms with Gasteiger partial charge in [-0.15, -0.1) is 0 Å². The zero-order valence-electron chi connectivity index (χ0n) is 23.9. The number of hydrogen-bond acceptors (Lipinski definition) is 5. The highest BCUT2D eigenvalue weighted by Gasteiger charge is 2.35. The van der Waals surface area contributed by atoms with Crippen LogP contribution in [0.3, 0.4) is 0 Å². The molecule has 0 spiro atoms. The molecule has 2 aliphatic rings. The second-order valence-corrected chi connectivity index (χ2v) is 11.6. The Balaban J connectivity index is 1.26. The van der Waals surface area contributed by atoms with Gasteiger partial charge in [-0.3, -0.25) is 14.6 Å². The van der Waals surface area contributed by atoms with Gasteiger partial charge in [0.25, 0.3) is 0 Å². The molecule has 0 aromatic heterocycles. The Hall–Kier alpha value is -3.13. The first-order chi connectivity index (χ1) is 19.9. The lowest BCUT2D eigenvalue weighted by atomic mass is 9.85. The number of amides is 1. The predicted octanol–water partition coefficient (Wildman–Crippen LogP) is 5.84. The van der Waals surface area contributed by atoms with E-state index in [1.807, 2.05) is 18.2 Å². The van der Waals surface area contributed by atoms with E-state index in [9.17, 15) is 9.18 Å². The molecule has 0 saturated carbocycles. The minimum atomic E-state index is -0.274. The number of hydrogen-bond donors (Lipinski definition) is 1. The Morgan fingerprint density at radius 3 is 2.49 bits per heavy atom. The van der Waals surface area contributed by atoms with Gasteiger partial charge in [0.15, 0.2) is 11.5 Å². The van der Waals surface area contributed by atoms with Crippen LogP contribution in [-0.4, -0.2) is 55.6 Å². The number of carbonyl (C=O) groups is 1. The maximum atomic E-state index is 13.2. The molecule has 1 saturated heterocycles. The number of fused-ring (bicyclic) bond motifs is 1. The van der Waals surface area contributed by atoms with Crippen molar-refractivity contribution in [3.8, 4) is 11.5 Å². The molecule has 5 rings (SSSR count). The van der Waals surface area contributed by atoms with Gasteiger partial charge in [0.2, 0.25) is 5.91 Å². The van der Waals surface area contributed by atoms with Crippen LogP contribution in [0.15, 0.2) is 60.7 Å². The van der Waals surface area contributed by atoms with Crippen molar-refractivity contribution in [3.05, 3.63) is 93.8 Å². The first-order valence-corrected chi connectivity index (χ1v) is 14.8. The monoisotopic (exact) mass is 579 g/mol. The Labute approximate surface area is 247 Å². The molecule has 6 nitrogen and oxygen atoms in total. The molecule has 218 valence electrons. The van der Waals surface area contributed by atoms with Crippen molar-refractivity contribution >= 4 is 17.5 Å². The maximum Gasteiger partial charge on any atom is 0.220 e. The Kier molecular flexibility index (Phi) is 9.80. The molecule has 2 heterocycles. The number of halogens is 2. The first kappa shape index (κ1) is 29.4. The Morgan fingerprint density at radius 1 is 1.00 bits per heavy atom. The summed E-state index contributed by atoms with van der Waals surface area (Å²) in [4.78, 5) is 18.0. The van der Waals surface area contributed by atoms with Crippen molar-refractivity contribution in [2.24, 2.45) is 5.92 Å². The van der Waals surface area contributed by atoms with Gasteiger partial charge in [0, 0.05) is 50.2 Å². The van der Waals surface area contributed by atoms with Crippen molar-refractivity contribution in [2.45, 2.75) is 51.4 Å². The van der Waals surface area contributed by atoms with Gasteiger partial charge in [-0.2, -0.15) is 0 Å². The molecule has 0 bridgehead atoms. The van der Waals surface area contributed by atoms with Crippen LogP contribution in [0, 0.1) is 11.7 Å². The smallest absolute Gasteiger partial charge is 0.220 e. The quantitative estimate of drug-likeness (QED) is 0.327. The number of nitrogens with zero attached hydrogens (tertiary/aromatic N) is 2. The maximum absolute atomic E-state index is 13.2. The van der Waals surface area contributed by atoms with Crippen LogP contribution < -0.4 is 14.8 Å². The van der Waals surface area contributed by atoms with Gasteiger partial charge >= 0.3 is 0 Å². The minimum absolute atomic E-state index is 0.0286. The average molecular weight is 580 g/mol. The Bertz CT molecular complexity index is 1340. The summed E-state index contributed by atoms with van der Waals surface area (Å²) >= 11 is 6.26. The second kappa shape index (κ2) is 13.7. The summed E-state index contributed by atoms with van der Waals surface area (Å²) in [6.07, 6.45) is 3.28. The van der Waals surface area contributed by atoms with Crippen LogP contribution in [0.4, 0.5) is 4.39 Å². The number of ether oxygens (including phenoxy) is 2. The van der Waals surface area contributed by atoms with E-state index >= 15 is 0 Å². The van der Waals surface area contributed by atoms with Crippen molar-refractivity contribution in [3.63, 3.8) is 0 Å². The molecule has 2 aliphatic heterocycles. The third-order valence-corrected chi connectivity index (χ3v) is 8.67. The van der Waals surface area contributed by atoms with Gasteiger partial charge in [-0.25, -0.2) is 4.39 Å². The van der Waals surface area contributed by atoms with Gasteiger partial charge in [-0.05, 0) is 90.4 Å². The molecular formula is C33H39ClFN3O3. The van der Waals surface area contributed by atoms with Crippen molar-refractivity contribution < 1.29 is 18.7 Å². The van der Waals surface area contributed by atoms with E-state index in [2.05, 4.69) is 33.3 Å². The molecule has 0 radical (unpaired) electrons. The van der Waals surface area contributed by atoms with Crippen LogP contribution in [-0.2, 0) is 30.8 Å². The highest BCUT2D eigenvalue weighted by Crippen LogP contribution is 2.36. The van der Waals surface area contributed by atoms with Crippen molar-refractivity contribution in [1.29, 1.82) is 0 Å². The molecule has 1 N–H and O–H groups in total. The SMILES string of the molecule is COc1cc2c(cc1OC)CN([C@@H]1CCN(Cc3cccc(Cl)c3)C[C@@H]1CCC(=O)NCc1ccc(F)cc1)CC2. The van der Waals surface area contributed by atoms with E-state index in [1.54, 1.807) is 26.4 Å². The Morgan fingerprint density at radius 2 is 1.76 bits per heavy atom. The molecule has 3 aromatic rings. The number of likely N-dealkylation sites (tertiary alicyclic amines) is 1. The summed E-state index contributed by atoms with van der Waals surface area (Å²) < 4.78 is 24.3. The summed E-state index contributed by atoms with van der Waals surface area (Å²) in [7, 11) is 3.36. The zero-order valence-corrected chi connectivity index (χ0v) is 24.6. The largest absolute Gasteiger partial charge is 0.493 e. The van der Waals surface area contributed by atoms with E-state index in [1.165, 1.54) is 28.8 Å². The number of benzene rings is 3. The highest BCUT2D eigenvalue weighted by atomic mass is 35.5. The van der Waals surface area contributed by atoms with E-state index in [0.29, 0.717) is 24.9 Å². The van der Waals surface area contributed by atoms with Gasteiger partial charge < -0.3 is 14.8 Å². The number of methoxy groups -OCH3 is 2. The number of piperidine rings is 1. The summed E-state index contributed by atoms with van der Waals surface area (Å²) in [5.74, 6) is 1.64. The van der Waals surface area contributed by atoms with Crippen molar-refractivity contribution in [1.82, 2.24) is 15.1 Å². The fourth-order valence-corrected chi connectivity index (χ4v) is 6.51. The fourth-order valence-electron chi connectivity index (χ4n) is 6.29. The molecule has 41 heavy (non-hydrogen) atoms. The van der Waals surface area contributed by atoms with Crippen LogP contribution >= 0.6 is 11.6 Å². The molecule has 1 fully saturated rings. The third kappa shape index (κ3) is 7.59. The molecule has 2 atom stereocenters. The van der Waals surface area contributed by atoms with Crippen LogP contribution in [0.1, 0.15) is 41.5 Å². The molecule has 8 heteroatoms. The molecular weight excluding hydrogens is 541 g/mol. The zero-order chi connectivity index (χ0) is 28.8. The number of rotatable bonds is 10. The van der Waals surface area contributed by atoms with E-state index in [0.717, 1.165) is 74.1 Å². The van der Waals surface area contributed by atoms with Crippen LogP contribution in [0.25, 0.3) is 0 Å². The van der Waals surface area contributed by atoms with E-state index in [4.69, 9.17) is 21.1 Å². The van der Waals surface area contributed by atoms with Crippen molar-refractivity contribution in [2.75, 3.05) is 33.9 Å². The number of nitrogens with one attached hydrogen (secondary N) is 1. The van der Waals surface area contributed by atoms with Gasteiger partial charge in [0.1, 0.15) is 5.82 Å². The van der Waals surface area contributed by atoms with E-state index < -0.39 is 0 Å². The molecule has 1 amide bonds. The van der Waals surface area contributed by atoms with Gasteiger partial charge in [-0.1, -0.05) is 35.9 Å². The third-order valence-electron chi connectivity index (χ3n) is 8.43. The highest BCUT2D eigenvalue weighted by molar-refractivity contribution is 6.30. The predicted molar refractivity (Wildman–Crippen MR) is 160 cm³/mol. The number of carbonyl (C=O) groups excluding carboxylic acids is 1. The summed E-state index contributed by atoms with van der Waals surface area (Å²) in [6, 6.07) is 18.9. The lowest BCUT2D eigenvalue weighted by Gasteiger charge is -2.45. The molecule has 0 unspecified atom stereocenters. The van der Waals surface area contributed by atoms with E-state index in [-0.39, 0.29) is 11.7 Å². The summed E-state index contributed by atoms with van der Waals surface area (Å²) in [5, 5.41) is 3.77. The lowest BCUT2D eigenvalue weighted by Crippen LogP contribution is -2.52. The second-order valence-electron chi connectivity index (χ2n) is 11.1. The first-order valence-electron chi connectivity index (χ1n) is 14.4. The topological polar surface area (TPSA) is 54.0 Å². The summed E-state index contributed by atoms with van der Waals surface area (Å²) in [5.41, 5.74) is 4.70. The molecule has 3 aromatic carbocycles.